The fraction of sp³-hybridized carbons (Fsp3) is 0.294. The van der Waals surface area contributed by atoms with E-state index in [-0.39, 0.29) is 11.9 Å². The third-order valence-electron chi connectivity index (χ3n) is 3.84. The van der Waals surface area contributed by atoms with Crippen LogP contribution in [-0.4, -0.2) is 24.4 Å². The van der Waals surface area contributed by atoms with Gasteiger partial charge in [0, 0.05) is 12.4 Å². The summed E-state index contributed by atoms with van der Waals surface area (Å²) >= 11 is 1.27. The molecule has 3 aromatic rings. The molecule has 1 aromatic carbocycles. The molecule has 2 aromatic heterocycles. The summed E-state index contributed by atoms with van der Waals surface area (Å²) in [5.41, 5.74) is 1.96. The van der Waals surface area contributed by atoms with E-state index in [0.717, 1.165) is 10.4 Å². The van der Waals surface area contributed by atoms with Gasteiger partial charge in [0.15, 0.2) is 11.3 Å². The minimum atomic E-state index is -0.279. The van der Waals surface area contributed by atoms with Crippen molar-refractivity contribution < 1.29 is 13.9 Å². The lowest BCUT2D eigenvalue weighted by atomic mass is 10.2. The number of methoxy groups -OCH3 is 1. The number of carbonyl (C=O) groups is 1. The molecule has 126 valence electrons. The number of carbonyl (C=O) groups excluding carboxylic acids is 1. The van der Waals surface area contributed by atoms with Gasteiger partial charge < -0.3 is 19.8 Å². The van der Waals surface area contributed by atoms with Gasteiger partial charge in [-0.3, -0.25) is 4.79 Å². The Balaban J connectivity index is 1.86. The van der Waals surface area contributed by atoms with E-state index in [9.17, 15) is 4.79 Å². The van der Waals surface area contributed by atoms with Gasteiger partial charge in [0.25, 0.3) is 5.91 Å². The van der Waals surface area contributed by atoms with E-state index in [1.807, 2.05) is 38.1 Å². The predicted molar refractivity (Wildman–Crippen MR) is 95.0 cm³/mol. The minimum absolute atomic E-state index is 0.175. The average Bonchev–Trinajstić information content (AvgIpc) is 3.17. The summed E-state index contributed by atoms with van der Waals surface area (Å²) < 4.78 is 15.4. The Hall–Kier alpha value is -2.54. The molecule has 6 nitrogen and oxygen atoms in total. The Labute approximate surface area is 144 Å². The number of hydrogen-bond acceptors (Lipinski definition) is 6. The zero-order valence-electron chi connectivity index (χ0n) is 14.0. The maximum absolute atomic E-state index is 12.6. The van der Waals surface area contributed by atoms with Crippen LogP contribution in [0, 0.1) is 6.92 Å². The number of rotatable bonds is 5. The Bertz CT molecular complexity index is 884. The number of aromatic nitrogens is 1. The highest BCUT2D eigenvalue weighted by Gasteiger charge is 2.21. The molecule has 0 spiro atoms. The van der Waals surface area contributed by atoms with Crippen molar-refractivity contribution in [1.29, 1.82) is 0 Å². The number of aryl methyl sites for hydroxylation is 1. The van der Waals surface area contributed by atoms with Crippen molar-refractivity contribution in [2.75, 3.05) is 19.5 Å². The van der Waals surface area contributed by atoms with Crippen LogP contribution in [0.2, 0.25) is 0 Å². The second-order valence-corrected chi connectivity index (χ2v) is 6.22. The molecule has 2 heterocycles. The van der Waals surface area contributed by atoms with Crippen LogP contribution < -0.4 is 15.4 Å². The highest BCUT2D eigenvalue weighted by Crippen LogP contribution is 2.31. The Morgan fingerprint density at radius 2 is 2.21 bits per heavy atom. The van der Waals surface area contributed by atoms with Gasteiger partial charge in [-0.1, -0.05) is 12.1 Å². The van der Waals surface area contributed by atoms with Gasteiger partial charge in [0.2, 0.25) is 0 Å². The van der Waals surface area contributed by atoms with E-state index < -0.39 is 0 Å². The molecule has 24 heavy (non-hydrogen) atoms. The van der Waals surface area contributed by atoms with Crippen molar-refractivity contribution in [3.8, 4) is 5.75 Å². The van der Waals surface area contributed by atoms with Gasteiger partial charge in [0.1, 0.15) is 10.8 Å². The Morgan fingerprint density at radius 1 is 1.42 bits per heavy atom. The molecule has 3 rings (SSSR count). The number of ether oxygens (including phenoxy) is 1. The SMILES string of the molecule is CNc1snc(C)c1C(=O)N[C@H](C)c1cc2cccc(OC)c2o1. The van der Waals surface area contributed by atoms with Crippen molar-refractivity contribution in [3.63, 3.8) is 0 Å². The molecule has 0 fully saturated rings. The van der Waals surface area contributed by atoms with Crippen LogP contribution in [-0.2, 0) is 0 Å². The topological polar surface area (TPSA) is 76.4 Å². The Morgan fingerprint density at radius 3 is 2.92 bits per heavy atom. The lowest BCUT2D eigenvalue weighted by Crippen LogP contribution is -2.27. The lowest BCUT2D eigenvalue weighted by Gasteiger charge is -2.12. The van der Waals surface area contributed by atoms with Gasteiger partial charge >= 0.3 is 0 Å². The summed E-state index contributed by atoms with van der Waals surface area (Å²) in [4.78, 5) is 12.6. The van der Waals surface area contributed by atoms with E-state index in [2.05, 4.69) is 15.0 Å². The average molecular weight is 345 g/mol. The van der Waals surface area contributed by atoms with Crippen LogP contribution >= 0.6 is 11.5 Å². The second kappa shape index (κ2) is 6.52. The van der Waals surface area contributed by atoms with Gasteiger partial charge in [-0.25, -0.2) is 0 Å². The van der Waals surface area contributed by atoms with Gasteiger partial charge in [0.05, 0.1) is 24.4 Å². The molecule has 0 aliphatic rings. The Kier molecular flexibility index (Phi) is 4.44. The number of fused-ring (bicyclic) bond motifs is 1. The maximum Gasteiger partial charge on any atom is 0.256 e. The fourth-order valence-corrected chi connectivity index (χ4v) is 3.32. The number of furan rings is 1. The van der Waals surface area contributed by atoms with E-state index >= 15 is 0 Å². The number of nitrogens with zero attached hydrogens (tertiary/aromatic N) is 1. The molecule has 0 radical (unpaired) electrons. The largest absolute Gasteiger partial charge is 0.493 e. The molecule has 1 atom stereocenters. The predicted octanol–water partition coefficient (Wildman–Crippen LogP) is 3.74. The van der Waals surface area contributed by atoms with Crippen molar-refractivity contribution >= 4 is 33.4 Å². The van der Waals surface area contributed by atoms with Crippen molar-refractivity contribution in [3.05, 3.63) is 41.3 Å². The van der Waals surface area contributed by atoms with Crippen molar-refractivity contribution in [2.24, 2.45) is 0 Å². The molecular weight excluding hydrogens is 326 g/mol. The zero-order chi connectivity index (χ0) is 17.3. The van der Waals surface area contributed by atoms with Crippen LogP contribution in [0.1, 0.15) is 34.8 Å². The highest BCUT2D eigenvalue weighted by molar-refractivity contribution is 7.10. The first-order chi connectivity index (χ1) is 11.5. The maximum atomic E-state index is 12.6. The summed E-state index contributed by atoms with van der Waals surface area (Å²) in [6.07, 6.45) is 0. The molecule has 7 heteroatoms. The fourth-order valence-electron chi connectivity index (χ4n) is 2.58. The van der Waals surface area contributed by atoms with Gasteiger partial charge in [-0.15, -0.1) is 0 Å². The zero-order valence-corrected chi connectivity index (χ0v) is 14.8. The molecule has 0 aliphatic heterocycles. The molecule has 0 unspecified atom stereocenters. The molecule has 0 bridgehead atoms. The smallest absolute Gasteiger partial charge is 0.256 e. The number of para-hydroxylation sites is 1. The van der Waals surface area contributed by atoms with Crippen molar-refractivity contribution in [1.82, 2.24) is 9.69 Å². The van der Waals surface area contributed by atoms with E-state index in [0.29, 0.717) is 28.4 Å². The first-order valence-electron chi connectivity index (χ1n) is 7.56. The second-order valence-electron chi connectivity index (χ2n) is 5.44. The van der Waals surface area contributed by atoms with Crippen LogP contribution in [0.5, 0.6) is 5.75 Å². The van der Waals surface area contributed by atoms with Gasteiger partial charge in [-0.2, -0.15) is 4.37 Å². The van der Waals surface area contributed by atoms with Crippen LogP contribution in [0.25, 0.3) is 11.0 Å². The first-order valence-corrected chi connectivity index (χ1v) is 8.33. The van der Waals surface area contributed by atoms with Crippen LogP contribution in [0.4, 0.5) is 5.00 Å². The highest BCUT2D eigenvalue weighted by atomic mass is 32.1. The third kappa shape index (κ3) is 2.82. The third-order valence-corrected chi connectivity index (χ3v) is 4.79. The molecule has 1 amide bonds. The van der Waals surface area contributed by atoms with Gasteiger partial charge in [-0.05, 0) is 37.5 Å². The monoisotopic (exact) mass is 345 g/mol. The van der Waals surface area contributed by atoms with Crippen LogP contribution in [0.15, 0.2) is 28.7 Å². The number of anilines is 1. The summed E-state index contributed by atoms with van der Waals surface area (Å²) in [6.45, 7) is 3.71. The molecule has 0 aliphatic carbocycles. The first kappa shape index (κ1) is 16.3. The quantitative estimate of drug-likeness (QED) is 0.737. The number of nitrogens with one attached hydrogen (secondary N) is 2. The normalized spacial score (nSPS) is 12.2. The van der Waals surface area contributed by atoms with E-state index in [4.69, 9.17) is 9.15 Å². The summed E-state index contributed by atoms with van der Waals surface area (Å²) in [5, 5.41) is 7.66. The van der Waals surface area contributed by atoms with Crippen molar-refractivity contribution in [2.45, 2.75) is 19.9 Å². The number of benzene rings is 1. The summed E-state index contributed by atoms with van der Waals surface area (Å²) in [5.74, 6) is 1.17. The molecular formula is C17H19N3O3S. The van der Waals surface area contributed by atoms with E-state index in [1.54, 1.807) is 14.2 Å². The molecule has 2 N–H and O–H groups in total. The van der Waals surface area contributed by atoms with Crippen LogP contribution in [0.3, 0.4) is 0 Å². The number of amides is 1. The van der Waals surface area contributed by atoms with E-state index in [1.165, 1.54) is 11.5 Å². The lowest BCUT2D eigenvalue weighted by molar-refractivity contribution is 0.0936. The minimum Gasteiger partial charge on any atom is -0.493 e. The molecule has 0 saturated heterocycles. The standard InChI is InChI=1S/C17H19N3O3S/c1-9(19-16(21)14-10(2)20-24-17(14)18-3)13-8-11-6-5-7-12(22-4)15(11)23-13/h5-9,18H,1-4H3,(H,19,21)/t9-/m1/s1. The number of hydrogen-bond donors (Lipinski definition) is 2. The molecule has 0 saturated carbocycles. The summed E-state index contributed by atoms with van der Waals surface area (Å²) in [7, 11) is 3.38. The summed E-state index contributed by atoms with van der Waals surface area (Å²) in [6, 6.07) is 7.34.